The normalized spacial score (nSPS) is 10.3. The molecule has 13 heavy (non-hydrogen) atoms. The molecule has 66 valence electrons. The van der Waals surface area contributed by atoms with Gasteiger partial charge in [0.15, 0.2) is 0 Å². The van der Waals surface area contributed by atoms with E-state index in [0.717, 1.165) is 16.3 Å². The summed E-state index contributed by atoms with van der Waals surface area (Å²) < 4.78 is 0. The van der Waals surface area contributed by atoms with Crippen LogP contribution in [0.1, 0.15) is 5.56 Å². The molecule has 0 saturated heterocycles. The van der Waals surface area contributed by atoms with Gasteiger partial charge in [0.1, 0.15) is 0 Å². The predicted octanol–water partition coefficient (Wildman–Crippen LogP) is 3.06. The molecule has 0 atom stereocenters. The molecule has 0 saturated carbocycles. The van der Waals surface area contributed by atoms with Crippen LogP contribution in [0.15, 0.2) is 36.4 Å². The van der Waals surface area contributed by atoms with Crippen molar-refractivity contribution < 1.29 is 0 Å². The van der Waals surface area contributed by atoms with Crippen molar-refractivity contribution in [3.05, 3.63) is 47.2 Å². The molecule has 0 aliphatic carbocycles. The smallest absolute Gasteiger partial charge is 0.0342 e. The summed E-state index contributed by atoms with van der Waals surface area (Å²) >= 11 is 0. The van der Waals surface area contributed by atoms with E-state index in [9.17, 15) is 5.21 Å². The number of fused-ring (bicyclic) bond motifs is 1. The van der Waals surface area contributed by atoms with Crippen molar-refractivity contribution >= 4 is 16.5 Å². The first kappa shape index (κ1) is 8.08. The van der Waals surface area contributed by atoms with Crippen LogP contribution in [-0.2, 0) is 0 Å². The fourth-order valence-corrected chi connectivity index (χ4v) is 1.52. The highest BCUT2D eigenvalue weighted by atomic mass is 16.5. The molecular formula is C11H10NO-. The summed E-state index contributed by atoms with van der Waals surface area (Å²) in [5.74, 6) is 0. The standard InChI is InChI=1S/C11H10NO/c1-8-6-7-9-4-2-3-5-10(9)11(8)12-13/h2-7,12H,1H3/q-1. The van der Waals surface area contributed by atoms with E-state index >= 15 is 0 Å². The number of anilines is 1. The monoisotopic (exact) mass is 172 g/mol. The van der Waals surface area contributed by atoms with Crippen molar-refractivity contribution in [2.75, 3.05) is 5.48 Å². The maximum Gasteiger partial charge on any atom is 0.0342 e. The van der Waals surface area contributed by atoms with Crippen LogP contribution >= 0.6 is 0 Å². The Hall–Kier alpha value is -1.54. The fraction of sp³-hybridized carbons (Fsp3) is 0.0909. The number of nitrogens with one attached hydrogen (secondary N) is 1. The van der Waals surface area contributed by atoms with Gasteiger partial charge in [-0.2, -0.15) is 0 Å². The fourth-order valence-electron chi connectivity index (χ4n) is 1.52. The van der Waals surface area contributed by atoms with Crippen LogP contribution in [0.4, 0.5) is 5.69 Å². The van der Waals surface area contributed by atoms with Crippen molar-refractivity contribution in [1.29, 1.82) is 0 Å². The summed E-state index contributed by atoms with van der Waals surface area (Å²) in [7, 11) is 0. The zero-order valence-electron chi connectivity index (χ0n) is 7.37. The lowest BCUT2D eigenvalue weighted by atomic mass is 10.1. The molecule has 2 nitrogen and oxygen atoms in total. The molecule has 0 spiro atoms. The summed E-state index contributed by atoms with van der Waals surface area (Å²) in [6.07, 6.45) is 0. The van der Waals surface area contributed by atoms with E-state index < -0.39 is 0 Å². The van der Waals surface area contributed by atoms with Gasteiger partial charge in [-0.3, -0.25) is 0 Å². The van der Waals surface area contributed by atoms with Gasteiger partial charge in [0.25, 0.3) is 0 Å². The number of aryl methyl sites for hydroxylation is 1. The summed E-state index contributed by atoms with van der Waals surface area (Å²) in [6.45, 7) is 1.92. The van der Waals surface area contributed by atoms with Gasteiger partial charge in [-0.25, -0.2) is 0 Å². The molecule has 0 aromatic heterocycles. The minimum Gasteiger partial charge on any atom is -0.761 e. The van der Waals surface area contributed by atoms with E-state index in [1.807, 2.05) is 48.8 Å². The van der Waals surface area contributed by atoms with E-state index in [2.05, 4.69) is 0 Å². The van der Waals surface area contributed by atoms with Crippen LogP contribution in [0, 0.1) is 12.1 Å². The topological polar surface area (TPSA) is 35.1 Å². The molecule has 0 bridgehead atoms. The Balaban J connectivity index is 2.84. The predicted molar refractivity (Wildman–Crippen MR) is 55.7 cm³/mol. The van der Waals surface area contributed by atoms with Gasteiger partial charge in [0.05, 0.1) is 0 Å². The molecule has 0 heterocycles. The first-order valence-electron chi connectivity index (χ1n) is 4.19. The maximum absolute atomic E-state index is 10.7. The van der Waals surface area contributed by atoms with Gasteiger partial charge in [0.2, 0.25) is 0 Å². The first-order valence-corrected chi connectivity index (χ1v) is 4.19. The highest BCUT2D eigenvalue weighted by molar-refractivity contribution is 5.95. The van der Waals surface area contributed by atoms with Gasteiger partial charge in [-0.05, 0) is 17.9 Å². The van der Waals surface area contributed by atoms with Crippen molar-refractivity contribution in [2.45, 2.75) is 6.92 Å². The summed E-state index contributed by atoms with van der Waals surface area (Å²) in [4.78, 5) is 0. The second-order valence-corrected chi connectivity index (χ2v) is 3.08. The largest absolute Gasteiger partial charge is 0.761 e. The number of rotatable bonds is 1. The highest BCUT2D eigenvalue weighted by Gasteiger charge is 1.99. The zero-order valence-corrected chi connectivity index (χ0v) is 7.37. The summed E-state index contributed by atoms with van der Waals surface area (Å²) in [6, 6.07) is 11.8. The summed E-state index contributed by atoms with van der Waals surface area (Å²) in [5.41, 5.74) is 3.65. The SMILES string of the molecule is Cc1ccc2ccccc2c1N[O-]. The van der Waals surface area contributed by atoms with E-state index in [1.165, 1.54) is 0 Å². The van der Waals surface area contributed by atoms with Crippen LogP contribution in [0.3, 0.4) is 0 Å². The third-order valence-corrected chi connectivity index (χ3v) is 2.24. The summed E-state index contributed by atoms with van der Waals surface area (Å²) in [5, 5.41) is 12.8. The minimum atomic E-state index is 0.679. The van der Waals surface area contributed by atoms with Crippen LogP contribution in [-0.4, -0.2) is 0 Å². The Morgan fingerprint density at radius 3 is 2.62 bits per heavy atom. The molecule has 2 aromatic carbocycles. The molecule has 0 fully saturated rings. The van der Waals surface area contributed by atoms with Gasteiger partial charge >= 0.3 is 0 Å². The molecule has 0 aliphatic rings. The highest BCUT2D eigenvalue weighted by Crippen LogP contribution is 2.26. The zero-order chi connectivity index (χ0) is 9.26. The van der Waals surface area contributed by atoms with Crippen LogP contribution < -0.4 is 5.48 Å². The lowest BCUT2D eigenvalue weighted by molar-refractivity contribution is 1.47. The third kappa shape index (κ3) is 1.25. The molecular weight excluding hydrogens is 162 g/mol. The number of hydrogen-bond donors (Lipinski definition) is 1. The van der Waals surface area contributed by atoms with Crippen LogP contribution in [0.2, 0.25) is 0 Å². The molecule has 0 amide bonds. The molecule has 1 N–H and O–H groups in total. The molecule has 0 aliphatic heterocycles. The Morgan fingerprint density at radius 1 is 1.08 bits per heavy atom. The van der Waals surface area contributed by atoms with Crippen LogP contribution in [0.25, 0.3) is 10.8 Å². The third-order valence-electron chi connectivity index (χ3n) is 2.24. The van der Waals surface area contributed by atoms with E-state index in [1.54, 1.807) is 0 Å². The van der Waals surface area contributed by atoms with Gasteiger partial charge in [0, 0.05) is 11.1 Å². The lowest BCUT2D eigenvalue weighted by Gasteiger charge is -2.15. The molecule has 0 radical (unpaired) electrons. The van der Waals surface area contributed by atoms with Crippen molar-refractivity contribution in [2.24, 2.45) is 0 Å². The first-order chi connectivity index (χ1) is 6.33. The Morgan fingerprint density at radius 2 is 1.85 bits per heavy atom. The van der Waals surface area contributed by atoms with Crippen molar-refractivity contribution in [3.63, 3.8) is 0 Å². The molecule has 2 rings (SSSR count). The molecule has 2 heteroatoms. The van der Waals surface area contributed by atoms with Gasteiger partial charge in [-0.15, -0.1) is 0 Å². The Labute approximate surface area is 76.8 Å². The second-order valence-electron chi connectivity index (χ2n) is 3.08. The Kier molecular flexibility index (Phi) is 1.91. The Bertz CT molecular complexity index is 437. The number of hydrogen-bond acceptors (Lipinski definition) is 2. The molecule has 0 unspecified atom stereocenters. The van der Waals surface area contributed by atoms with Gasteiger partial charge in [-0.1, -0.05) is 36.4 Å². The lowest BCUT2D eigenvalue weighted by Crippen LogP contribution is -1.90. The average molecular weight is 172 g/mol. The maximum atomic E-state index is 10.7. The van der Waals surface area contributed by atoms with E-state index in [-0.39, 0.29) is 0 Å². The van der Waals surface area contributed by atoms with E-state index in [4.69, 9.17) is 0 Å². The molecule has 2 aromatic rings. The van der Waals surface area contributed by atoms with E-state index in [0.29, 0.717) is 5.69 Å². The quantitative estimate of drug-likeness (QED) is 0.671. The van der Waals surface area contributed by atoms with Crippen molar-refractivity contribution in [1.82, 2.24) is 0 Å². The second kappa shape index (κ2) is 3.07. The van der Waals surface area contributed by atoms with Gasteiger partial charge < -0.3 is 10.7 Å². The minimum absolute atomic E-state index is 0.679. The average Bonchev–Trinajstić information content (AvgIpc) is 2.18. The van der Waals surface area contributed by atoms with Crippen LogP contribution in [0.5, 0.6) is 0 Å². The number of benzene rings is 2. The van der Waals surface area contributed by atoms with Crippen molar-refractivity contribution in [3.8, 4) is 0 Å².